The quantitative estimate of drug-likeness (QED) is 0.501. The van der Waals surface area contributed by atoms with Gasteiger partial charge in [0, 0.05) is 36.2 Å². The minimum atomic E-state index is -3.60. The fourth-order valence-electron chi connectivity index (χ4n) is 4.04. The summed E-state index contributed by atoms with van der Waals surface area (Å²) in [6.07, 6.45) is 1.49. The standard InChI is InChI=1S/C25H29N3O4S2/c1-4-32-20-11-13-28(14-12-20)34(30,31)21-9-7-19(8-10-21)24(29)27-25-26-23(16-33-25)22-15-17(2)5-6-18(22)3/h5-10,15-16,20H,4,11-14H2,1-3H3,(H,26,27,29). The van der Waals surface area contributed by atoms with E-state index < -0.39 is 10.0 Å². The van der Waals surface area contributed by atoms with Crippen LogP contribution in [0.2, 0.25) is 0 Å². The summed E-state index contributed by atoms with van der Waals surface area (Å²) in [5, 5.41) is 5.23. The van der Waals surface area contributed by atoms with E-state index in [2.05, 4.69) is 28.5 Å². The van der Waals surface area contributed by atoms with Crippen LogP contribution in [0.4, 0.5) is 5.13 Å². The second-order valence-corrected chi connectivity index (χ2v) is 11.2. The fourth-order valence-corrected chi connectivity index (χ4v) is 6.21. The van der Waals surface area contributed by atoms with E-state index in [-0.39, 0.29) is 16.9 Å². The molecule has 7 nitrogen and oxygen atoms in total. The Morgan fingerprint density at radius 1 is 1.15 bits per heavy atom. The lowest BCUT2D eigenvalue weighted by Gasteiger charge is -2.31. The Balaban J connectivity index is 1.42. The lowest BCUT2D eigenvalue weighted by atomic mass is 10.0. The van der Waals surface area contributed by atoms with Gasteiger partial charge in [0.15, 0.2) is 5.13 Å². The number of hydrogen-bond acceptors (Lipinski definition) is 6. The molecule has 0 saturated carbocycles. The van der Waals surface area contributed by atoms with E-state index in [1.165, 1.54) is 39.9 Å². The first-order valence-electron chi connectivity index (χ1n) is 11.3. The molecule has 2 aromatic carbocycles. The van der Waals surface area contributed by atoms with Crippen LogP contribution in [0.1, 0.15) is 41.3 Å². The predicted octanol–water partition coefficient (Wildman–Crippen LogP) is 4.87. The normalized spacial score (nSPS) is 15.4. The molecule has 34 heavy (non-hydrogen) atoms. The Hall–Kier alpha value is -2.59. The van der Waals surface area contributed by atoms with Crippen molar-refractivity contribution in [3.63, 3.8) is 0 Å². The summed E-state index contributed by atoms with van der Waals surface area (Å²) in [4.78, 5) is 17.5. The van der Waals surface area contributed by atoms with Crippen LogP contribution in [-0.2, 0) is 14.8 Å². The van der Waals surface area contributed by atoms with Gasteiger partial charge in [-0.1, -0.05) is 17.7 Å². The van der Waals surface area contributed by atoms with Gasteiger partial charge in [-0.05, 0) is 69.5 Å². The first kappa shape index (κ1) is 24.5. The van der Waals surface area contributed by atoms with E-state index in [0.29, 0.717) is 43.2 Å². The molecule has 0 bridgehead atoms. The number of piperidine rings is 1. The molecule has 1 fully saturated rings. The Bertz CT molecular complexity index is 1260. The number of carbonyl (C=O) groups excluding carboxylic acids is 1. The van der Waals surface area contributed by atoms with Crippen LogP contribution < -0.4 is 5.32 Å². The molecule has 3 aromatic rings. The van der Waals surface area contributed by atoms with Gasteiger partial charge in [0.2, 0.25) is 10.0 Å². The van der Waals surface area contributed by atoms with Crippen LogP contribution in [0.3, 0.4) is 0 Å². The number of sulfonamides is 1. The smallest absolute Gasteiger partial charge is 0.257 e. The first-order valence-corrected chi connectivity index (χ1v) is 13.7. The fraction of sp³-hybridized carbons (Fsp3) is 0.360. The molecule has 0 atom stereocenters. The number of aryl methyl sites for hydroxylation is 2. The van der Waals surface area contributed by atoms with Gasteiger partial charge in [-0.2, -0.15) is 4.31 Å². The van der Waals surface area contributed by atoms with Crippen LogP contribution in [0.15, 0.2) is 52.7 Å². The molecular weight excluding hydrogens is 470 g/mol. The summed E-state index contributed by atoms with van der Waals surface area (Å²) >= 11 is 1.36. The minimum absolute atomic E-state index is 0.115. The number of aromatic nitrogens is 1. The van der Waals surface area contributed by atoms with Crippen molar-refractivity contribution in [1.82, 2.24) is 9.29 Å². The topological polar surface area (TPSA) is 88.6 Å². The molecular formula is C25H29N3O4S2. The number of ether oxygens (including phenoxy) is 1. The molecule has 4 rings (SSSR count). The molecule has 9 heteroatoms. The number of rotatable bonds is 7. The number of thiazole rings is 1. The number of nitrogens with one attached hydrogen (secondary N) is 1. The molecule has 180 valence electrons. The molecule has 1 amide bonds. The Labute approximate surface area is 204 Å². The van der Waals surface area contributed by atoms with Crippen molar-refractivity contribution in [3.8, 4) is 11.3 Å². The summed E-state index contributed by atoms with van der Waals surface area (Å²) in [5.74, 6) is -0.330. The second kappa shape index (κ2) is 10.4. The second-order valence-electron chi connectivity index (χ2n) is 8.39. The molecule has 0 radical (unpaired) electrons. The molecule has 1 aromatic heterocycles. The molecule has 1 N–H and O–H groups in total. The van der Waals surface area contributed by atoms with E-state index in [0.717, 1.165) is 22.4 Å². The highest BCUT2D eigenvalue weighted by Gasteiger charge is 2.29. The molecule has 0 spiro atoms. The van der Waals surface area contributed by atoms with Gasteiger partial charge in [0.25, 0.3) is 5.91 Å². The van der Waals surface area contributed by atoms with Crippen LogP contribution in [0.5, 0.6) is 0 Å². The average molecular weight is 500 g/mol. The third-order valence-electron chi connectivity index (χ3n) is 5.95. The van der Waals surface area contributed by atoms with E-state index in [4.69, 9.17) is 4.74 Å². The van der Waals surface area contributed by atoms with Gasteiger partial charge in [-0.15, -0.1) is 11.3 Å². The maximum absolute atomic E-state index is 13.0. The number of carbonyl (C=O) groups is 1. The third-order valence-corrected chi connectivity index (χ3v) is 8.62. The van der Waals surface area contributed by atoms with Crippen molar-refractivity contribution in [2.24, 2.45) is 0 Å². The summed E-state index contributed by atoms with van der Waals surface area (Å²) in [6, 6.07) is 12.2. The largest absolute Gasteiger partial charge is 0.378 e. The highest BCUT2D eigenvalue weighted by atomic mass is 32.2. The highest BCUT2D eigenvalue weighted by molar-refractivity contribution is 7.89. The Kier molecular flexibility index (Phi) is 7.47. The number of benzene rings is 2. The van der Waals surface area contributed by atoms with Crippen molar-refractivity contribution in [2.75, 3.05) is 25.0 Å². The molecule has 0 aliphatic carbocycles. The van der Waals surface area contributed by atoms with E-state index >= 15 is 0 Å². The molecule has 1 saturated heterocycles. The number of nitrogens with zero attached hydrogens (tertiary/aromatic N) is 2. The van der Waals surface area contributed by atoms with Crippen molar-refractivity contribution in [1.29, 1.82) is 0 Å². The lowest BCUT2D eigenvalue weighted by molar-refractivity contribution is 0.0290. The van der Waals surface area contributed by atoms with Crippen molar-refractivity contribution in [3.05, 3.63) is 64.5 Å². The van der Waals surface area contributed by atoms with Gasteiger partial charge in [-0.25, -0.2) is 13.4 Å². The van der Waals surface area contributed by atoms with Gasteiger partial charge in [0.05, 0.1) is 16.7 Å². The molecule has 2 heterocycles. The molecule has 1 aliphatic heterocycles. The summed E-state index contributed by atoms with van der Waals surface area (Å²) in [7, 11) is -3.60. The predicted molar refractivity (Wildman–Crippen MR) is 135 cm³/mol. The number of hydrogen-bond donors (Lipinski definition) is 1. The van der Waals surface area contributed by atoms with Crippen LogP contribution >= 0.6 is 11.3 Å². The van der Waals surface area contributed by atoms with Gasteiger partial charge in [0.1, 0.15) is 0 Å². The van der Waals surface area contributed by atoms with Crippen molar-refractivity contribution in [2.45, 2.75) is 44.6 Å². The van der Waals surface area contributed by atoms with Gasteiger partial charge >= 0.3 is 0 Å². The van der Waals surface area contributed by atoms with Gasteiger partial charge in [-0.3, -0.25) is 10.1 Å². The van der Waals surface area contributed by atoms with E-state index in [1.54, 1.807) is 0 Å². The zero-order valence-electron chi connectivity index (χ0n) is 19.6. The molecule has 0 unspecified atom stereocenters. The third kappa shape index (κ3) is 5.38. The summed E-state index contributed by atoms with van der Waals surface area (Å²) in [5.41, 5.74) is 4.49. The van der Waals surface area contributed by atoms with Crippen molar-refractivity contribution >= 4 is 32.4 Å². The Morgan fingerprint density at radius 3 is 2.53 bits per heavy atom. The average Bonchev–Trinajstić information content (AvgIpc) is 3.29. The lowest BCUT2D eigenvalue weighted by Crippen LogP contribution is -2.40. The number of anilines is 1. The van der Waals surface area contributed by atoms with Crippen LogP contribution in [-0.4, -0.2) is 49.4 Å². The molecule has 1 aliphatic rings. The maximum atomic E-state index is 13.0. The van der Waals surface area contributed by atoms with E-state index in [1.807, 2.05) is 26.2 Å². The van der Waals surface area contributed by atoms with Crippen LogP contribution in [0.25, 0.3) is 11.3 Å². The summed E-state index contributed by atoms with van der Waals surface area (Å²) < 4.78 is 33.1. The van der Waals surface area contributed by atoms with E-state index in [9.17, 15) is 13.2 Å². The van der Waals surface area contributed by atoms with Crippen molar-refractivity contribution < 1.29 is 17.9 Å². The maximum Gasteiger partial charge on any atom is 0.257 e. The van der Waals surface area contributed by atoms with Gasteiger partial charge < -0.3 is 4.74 Å². The Morgan fingerprint density at radius 2 is 1.85 bits per heavy atom. The SMILES string of the molecule is CCOC1CCN(S(=O)(=O)c2ccc(C(=O)Nc3nc(-c4cc(C)ccc4C)cs3)cc2)CC1. The first-order chi connectivity index (χ1) is 16.3. The summed E-state index contributed by atoms with van der Waals surface area (Å²) in [6.45, 7) is 7.51. The zero-order chi connectivity index (χ0) is 24.3. The minimum Gasteiger partial charge on any atom is -0.378 e. The van der Waals surface area contributed by atoms with Crippen LogP contribution in [0, 0.1) is 13.8 Å². The highest BCUT2D eigenvalue weighted by Crippen LogP contribution is 2.29. The number of amides is 1. The zero-order valence-corrected chi connectivity index (χ0v) is 21.2. The monoisotopic (exact) mass is 499 g/mol.